The van der Waals surface area contributed by atoms with Crippen LogP contribution in [0.2, 0.25) is 0 Å². The highest BCUT2D eigenvalue weighted by molar-refractivity contribution is 5.80. The van der Waals surface area contributed by atoms with E-state index in [2.05, 4.69) is 29.6 Å². The fourth-order valence-electron chi connectivity index (χ4n) is 4.99. The molecule has 1 saturated carbocycles. The van der Waals surface area contributed by atoms with Crippen molar-refractivity contribution in [2.24, 2.45) is 5.92 Å². The fraction of sp³-hybridized carbons (Fsp3) is 0.444. The molecular weight excluding hydrogens is 432 g/mol. The van der Waals surface area contributed by atoms with E-state index in [0.29, 0.717) is 6.54 Å². The maximum absolute atomic E-state index is 12.9. The largest absolute Gasteiger partial charge is 0.481 e. The number of hydrogen-bond donors (Lipinski definition) is 2. The van der Waals surface area contributed by atoms with Crippen molar-refractivity contribution in [2.45, 2.75) is 51.0 Å². The lowest BCUT2D eigenvalue weighted by Crippen LogP contribution is -2.51. The number of carboxylic acids is 1. The van der Waals surface area contributed by atoms with Crippen molar-refractivity contribution < 1.29 is 24.2 Å². The SMILES string of the molecule is CCN(CCC(=O)O)C(=O)CC(C)(NC(=O)OCC1c2ccccc2-c2ccccc21)C1CC1. The minimum absolute atomic E-state index is 0.0291. The first-order chi connectivity index (χ1) is 16.3. The summed E-state index contributed by atoms with van der Waals surface area (Å²) in [6, 6.07) is 16.4. The van der Waals surface area contributed by atoms with Crippen molar-refractivity contribution in [3.05, 3.63) is 59.7 Å². The van der Waals surface area contributed by atoms with Gasteiger partial charge in [0.1, 0.15) is 6.61 Å². The Bertz CT molecular complexity index is 1030. The van der Waals surface area contributed by atoms with Gasteiger partial charge in [0.15, 0.2) is 0 Å². The Labute approximate surface area is 200 Å². The molecule has 0 bridgehead atoms. The van der Waals surface area contributed by atoms with Crippen LogP contribution in [0, 0.1) is 5.92 Å². The fourth-order valence-corrected chi connectivity index (χ4v) is 4.99. The number of nitrogens with one attached hydrogen (secondary N) is 1. The van der Waals surface area contributed by atoms with Crippen molar-refractivity contribution in [1.82, 2.24) is 10.2 Å². The molecule has 7 heteroatoms. The molecule has 0 saturated heterocycles. The van der Waals surface area contributed by atoms with Crippen LogP contribution >= 0.6 is 0 Å². The van der Waals surface area contributed by atoms with Crippen LogP contribution in [-0.4, -0.2) is 53.2 Å². The topological polar surface area (TPSA) is 95.9 Å². The molecule has 2 aromatic rings. The Hall–Kier alpha value is -3.35. The zero-order valence-corrected chi connectivity index (χ0v) is 19.8. The highest BCUT2D eigenvalue weighted by atomic mass is 16.5. The number of carbonyl (C=O) groups excluding carboxylic acids is 2. The zero-order chi connectivity index (χ0) is 24.3. The Morgan fingerprint density at radius 2 is 1.65 bits per heavy atom. The summed E-state index contributed by atoms with van der Waals surface area (Å²) in [5.74, 6) is -0.918. The normalized spacial score (nSPS) is 16.2. The van der Waals surface area contributed by atoms with E-state index in [4.69, 9.17) is 9.84 Å². The third-order valence-corrected chi connectivity index (χ3v) is 7.06. The minimum Gasteiger partial charge on any atom is -0.481 e. The minimum atomic E-state index is -0.937. The number of carboxylic acid groups (broad SMARTS) is 1. The molecule has 4 rings (SSSR count). The van der Waals surface area contributed by atoms with Gasteiger partial charge in [0.05, 0.1) is 18.4 Å². The average Bonchev–Trinajstić information content (AvgIpc) is 3.62. The summed E-state index contributed by atoms with van der Waals surface area (Å²) in [7, 11) is 0. The molecule has 2 amide bonds. The van der Waals surface area contributed by atoms with E-state index in [1.54, 1.807) is 0 Å². The van der Waals surface area contributed by atoms with Gasteiger partial charge in [-0.1, -0.05) is 48.5 Å². The average molecular weight is 465 g/mol. The molecule has 0 aliphatic heterocycles. The van der Waals surface area contributed by atoms with Gasteiger partial charge in [0.25, 0.3) is 0 Å². The first-order valence-electron chi connectivity index (χ1n) is 11.9. The van der Waals surface area contributed by atoms with E-state index >= 15 is 0 Å². The van der Waals surface area contributed by atoms with Crippen LogP contribution < -0.4 is 5.32 Å². The van der Waals surface area contributed by atoms with Gasteiger partial charge in [0.2, 0.25) is 5.91 Å². The molecule has 7 nitrogen and oxygen atoms in total. The van der Waals surface area contributed by atoms with E-state index in [1.807, 2.05) is 38.1 Å². The number of carbonyl (C=O) groups is 3. The number of hydrogen-bond acceptors (Lipinski definition) is 4. The monoisotopic (exact) mass is 464 g/mol. The lowest BCUT2D eigenvalue weighted by atomic mass is 9.91. The van der Waals surface area contributed by atoms with Gasteiger partial charge < -0.3 is 20.1 Å². The highest BCUT2D eigenvalue weighted by Gasteiger charge is 2.45. The first kappa shape index (κ1) is 23.8. The van der Waals surface area contributed by atoms with Gasteiger partial charge in [-0.05, 0) is 54.9 Å². The van der Waals surface area contributed by atoms with Crippen LogP contribution in [0.25, 0.3) is 11.1 Å². The maximum atomic E-state index is 12.9. The lowest BCUT2D eigenvalue weighted by Gasteiger charge is -2.32. The molecule has 2 N–H and O–H groups in total. The molecule has 34 heavy (non-hydrogen) atoms. The lowest BCUT2D eigenvalue weighted by molar-refractivity contribution is -0.138. The van der Waals surface area contributed by atoms with E-state index < -0.39 is 17.6 Å². The first-order valence-corrected chi connectivity index (χ1v) is 11.9. The van der Waals surface area contributed by atoms with Crippen LogP contribution in [0.4, 0.5) is 4.79 Å². The van der Waals surface area contributed by atoms with Crippen LogP contribution in [0.15, 0.2) is 48.5 Å². The Balaban J connectivity index is 1.40. The summed E-state index contributed by atoms with van der Waals surface area (Å²) in [5, 5.41) is 11.9. The van der Waals surface area contributed by atoms with Crippen molar-refractivity contribution in [3.63, 3.8) is 0 Å². The van der Waals surface area contributed by atoms with Crippen molar-refractivity contribution in [3.8, 4) is 11.1 Å². The van der Waals surface area contributed by atoms with Gasteiger partial charge >= 0.3 is 12.1 Å². The Morgan fingerprint density at radius 1 is 1.06 bits per heavy atom. The zero-order valence-electron chi connectivity index (χ0n) is 19.8. The van der Waals surface area contributed by atoms with Crippen molar-refractivity contribution in [1.29, 1.82) is 0 Å². The predicted octanol–water partition coefficient (Wildman–Crippen LogP) is 4.41. The number of amides is 2. The number of aliphatic carboxylic acids is 1. The predicted molar refractivity (Wildman–Crippen MR) is 128 cm³/mol. The number of ether oxygens (including phenoxy) is 1. The summed E-state index contributed by atoms with van der Waals surface area (Å²) in [5.41, 5.74) is 3.90. The Morgan fingerprint density at radius 3 is 2.18 bits per heavy atom. The van der Waals surface area contributed by atoms with Crippen LogP contribution in [0.3, 0.4) is 0 Å². The molecule has 1 atom stereocenters. The summed E-state index contributed by atoms with van der Waals surface area (Å²) < 4.78 is 5.71. The van der Waals surface area contributed by atoms with Gasteiger partial charge in [-0.2, -0.15) is 0 Å². The number of rotatable bonds is 10. The van der Waals surface area contributed by atoms with Gasteiger partial charge in [0, 0.05) is 19.0 Å². The van der Waals surface area contributed by atoms with Crippen LogP contribution in [0.5, 0.6) is 0 Å². The molecule has 0 spiro atoms. The molecule has 0 radical (unpaired) electrons. The van der Waals surface area contributed by atoms with E-state index in [0.717, 1.165) is 24.0 Å². The Kier molecular flexibility index (Phi) is 6.91. The molecule has 0 heterocycles. The molecule has 0 aromatic heterocycles. The highest BCUT2D eigenvalue weighted by Crippen LogP contribution is 2.45. The molecule has 2 aromatic carbocycles. The number of alkyl carbamates (subject to hydrolysis) is 1. The van der Waals surface area contributed by atoms with Gasteiger partial charge in [-0.15, -0.1) is 0 Å². The summed E-state index contributed by atoms with van der Waals surface area (Å²) in [6.45, 7) is 4.52. The van der Waals surface area contributed by atoms with Crippen molar-refractivity contribution in [2.75, 3.05) is 19.7 Å². The third-order valence-electron chi connectivity index (χ3n) is 7.06. The van der Waals surface area contributed by atoms with Crippen LogP contribution in [-0.2, 0) is 14.3 Å². The number of fused-ring (bicyclic) bond motifs is 3. The summed E-state index contributed by atoms with van der Waals surface area (Å²) >= 11 is 0. The second-order valence-electron chi connectivity index (χ2n) is 9.44. The van der Waals surface area contributed by atoms with Crippen molar-refractivity contribution >= 4 is 18.0 Å². The van der Waals surface area contributed by atoms with Crippen LogP contribution in [0.1, 0.15) is 56.6 Å². The quantitative estimate of drug-likeness (QED) is 0.543. The molecule has 1 unspecified atom stereocenters. The third kappa shape index (κ3) is 5.08. The maximum Gasteiger partial charge on any atom is 0.407 e. The summed E-state index contributed by atoms with van der Waals surface area (Å²) in [6.07, 6.45) is 1.37. The van der Waals surface area contributed by atoms with E-state index in [1.165, 1.54) is 16.0 Å². The molecule has 2 aliphatic rings. The standard InChI is InChI=1S/C27H32N2O5/c1-3-29(15-14-25(31)32)24(30)16-27(2,18-12-13-18)28-26(33)34-17-23-21-10-6-4-8-19(21)20-9-5-7-11-22(20)23/h4-11,18,23H,3,12-17H2,1-2H3,(H,28,33)(H,31,32). The van der Waals surface area contributed by atoms with E-state index in [-0.39, 0.29) is 43.7 Å². The smallest absolute Gasteiger partial charge is 0.407 e. The summed E-state index contributed by atoms with van der Waals surface area (Å²) in [4.78, 5) is 38.2. The molecule has 2 aliphatic carbocycles. The number of nitrogens with zero attached hydrogens (tertiary/aromatic N) is 1. The van der Waals surface area contributed by atoms with Gasteiger partial charge in [-0.3, -0.25) is 9.59 Å². The number of benzene rings is 2. The van der Waals surface area contributed by atoms with Gasteiger partial charge in [-0.25, -0.2) is 4.79 Å². The second kappa shape index (κ2) is 9.87. The molecule has 180 valence electrons. The molecule has 1 fully saturated rings. The van der Waals surface area contributed by atoms with E-state index in [9.17, 15) is 14.4 Å². The molecular formula is C27H32N2O5. The second-order valence-corrected chi connectivity index (χ2v) is 9.44.